The lowest BCUT2D eigenvalue weighted by atomic mass is 9.92. The number of aromatic nitrogens is 2. The van der Waals surface area contributed by atoms with E-state index < -0.39 is 5.60 Å². The van der Waals surface area contributed by atoms with Crippen molar-refractivity contribution in [3.8, 4) is 5.75 Å². The fourth-order valence-electron chi connectivity index (χ4n) is 2.40. The summed E-state index contributed by atoms with van der Waals surface area (Å²) in [5, 5.41) is 10.8. The van der Waals surface area contributed by atoms with E-state index in [1.807, 2.05) is 35.0 Å². The number of fused-ring (bicyclic) bond motifs is 1. The van der Waals surface area contributed by atoms with E-state index in [1.54, 1.807) is 13.3 Å². The van der Waals surface area contributed by atoms with Crippen molar-refractivity contribution in [2.24, 2.45) is 0 Å². The van der Waals surface area contributed by atoms with E-state index in [0.717, 1.165) is 17.9 Å². The number of aryl methyl sites for hydroxylation is 1. The summed E-state index contributed by atoms with van der Waals surface area (Å²) in [4.78, 5) is 4.25. The second-order valence-electron chi connectivity index (χ2n) is 4.29. The number of rotatable bonds is 2. The average Bonchev–Trinajstić information content (AvgIpc) is 2.95. The lowest BCUT2D eigenvalue weighted by molar-refractivity contribution is 0.0783. The number of hydrogen-bond donors (Lipinski definition) is 1. The van der Waals surface area contributed by atoms with Gasteiger partial charge in [0.25, 0.3) is 0 Å². The van der Waals surface area contributed by atoms with Crippen LogP contribution in [0.1, 0.15) is 17.8 Å². The van der Waals surface area contributed by atoms with Crippen LogP contribution in [-0.4, -0.2) is 21.8 Å². The van der Waals surface area contributed by atoms with Gasteiger partial charge in [-0.05, 0) is 17.7 Å². The van der Waals surface area contributed by atoms with Crippen LogP contribution in [0.15, 0.2) is 36.7 Å². The van der Waals surface area contributed by atoms with Crippen LogP contribution in [-0.2, 0) is 12.1 Å². The maximum Gasteiger partial charge on any atom is 0.149 e. The molecule has 0 radical (unpaired) electrons. The highest BCUT2D eigenvalue weighted by Gasteiger charge is 2.40. The van der Waals surface area contributed by atoms with E-state index in [-0.39, 0.29) is 0 Å². The SMILES string of the molecule is COc1cccc(C2(O)CCn3ccnc32)c1. The molecule has 0 bridgehead atoms. The fourth-order valence-corrected chi connectivity index (χ4v) is 2.40. The largest absolute Gasteiger partial charge is 0.497 e. The highest BCUT2D eigenvalue weighted by Crippen LogP contribution is 2.38. The smallest absolute Gasteiger partial charge is 0.149 e. The molecule has 0 aliphatic carbocycles. The number of hydrogen-bond acceptors (Lipinski definition) is 3. The molecule has 4 nitrogen and oxygen atoms in total. The van der Waals surface area contributed by atoms with Crippen molar-refractivity contribution in [2.75, 3.05) is 7.11 Å². The Kier molecular flexibility index (Phi) is 2.19. The van der Waals surface area contributed by atoms with Gasteiger partial charge in [0, 0.05) is 25.4 Å². The average molecular weight is 230 g/mol. The fraction of sp³-hybridized carbons (Fsp3) is 0.308. The number of aliphatic hydroxyl groups is 1. The summed E-state index contributed by atoms with van der Waals surface area (Å²) < 4.78 is 7.18. The molecule has 2 aromatic rings. The van der Waals surface area contributed by atoms with Gasteiger partial charge in [0.1, 0.15) is 17.2 Å². The molecule has 88 valence electrons. The Labute approximate surface area is 99.5 Å². The Morgan fingerprint density at radius 2 is 2.35 bits per heavy atom. The summed E-state index contributed by atoms with van der Waals surface area (Å²) in [6.45, 7) is 0.795. The predicted octanol–water partition coefficient (Wildman–Crippen LogP) is 1.53. The monoisotopic (exact) mass is 230 g/mol. The van der Waals surface area contributed by atoms with E-state index >= 15 is 0 Å². The second kappa shape index (κ2) is 3.60. The third-order valence-electron chi connectivity index (χ3n) is 3.35. The van der Waals surface area contributed by atoms with Gasteiger partial charge in [-0.2, -0.15) is 0 Å². The number of benzene rings is 1. The molecule has 0 saturated heterocycles. The molecule has 17 heavy (non-hydrogen) atoms. The molecule has 1 aliphatic heterocycles. The Hall–Kier alpha value is -1.81. The molecule has 0 spiro atoms. The van der Waals surface area contributed by atoms with Gasteiger partial charge in [-0.1, -0.05) is 12.1 Å². The zero-order valence-corrected chi connectivity index (χ0v) is 9.63. The maximum absolute atomic E-state index is 10.8. The van der Waals surface area contributed by atoms with Crippen LogP contribution in [0.3, 0.4) is 0 Å². The van der Waals surface area contributed by atoms with Gasteiger partial charge in [-0.25, -0.2) is 4.98 Å². The van der Waals surface area contributed by atoms with Crippen molar-refractivity contribution in [1.29, 1.82) is 0 Å². The van der Waals surface area contributed by atoms with Crippen LogP contribution in [0.25, 0.3) is 0 Å². The highest BCUT2D eigenvalue weighted by atomic mass is 16.5. The first kappa shape index (κ1) is 10.4. The zero-order chi connectivity index (χ0) is 11.9. The number of ether oxygens (including phenoxy) is 1. The number of nitrogens with zero attached hydrogens (tertiary/aromatic N) is 2. The van der Waals surface area contributed by atoms with Crippen LogP contribution in [0.4, 0.5) is 0 Å². The number of imidazole rings is 1. The Bertz CT molecular complexity index is 550. The van der Waals surface area contributed by atoms with E-state index in [4.69, 9.17) is 4.74 Å². The molecular weight excluding hydrogens is 216 g/mol. The topological polar surface area (TPSA) is 47.3 Å². The van der Waals surface area contributed by atoms with Gasteiger partial charge in [-0.15, -0.1) is 0 Å². The Balaban J connectivity index is 2.09. The van der Waals surface area contributed by atoms with E-state index in [9.17, 15) is 5.11 Å². The Morgan fingerprint density at radius 1 is 1.47 bits per heavy atom. The number of methoxy groups -OCH3 is 1. The molecule has 3 rings (SSSR count). The minimum absolute atomic E-state index is 0.656. The summed E-state index contributed by atoms with van der Waals surface area (Å²) >= 11 is 0. The second-order valence-corrected chi connectivity index (χ2v) is 4.29. The standard InChI is InChI=1S/C13H14N2O2/c1-17-11-4-2-3-10(9-11)13(16)5-7-15-8-6-14-12(13)15/h2-4,6,8-9,16H,5,7H2,1H3. The van der Waals surface area contributed by atoms with Crippen LogP contribution < -0.4 is 4.74 Å². The summed E-state index contributed by atoms with van der Waals surface area (Å²) in [6, 6.07) is 7.53. The maximum atomic E-state index is 10.8. The molecule has 0 saturated carbocycles. The van der Waals surface area contributed by atoms with Gasteiger partial charge in [0.2, 0.25) is 0 Å². The molecule has 0 amide bonds. The van der Waals surface area contributed by atoms with E-state index in [2.05, 4.69) is 4.98 Å². The Morgan fingerprint density at radius 3 is 3.18 bits per heavy atom. The molecule has 1 atom stereocenters. The van der Waals surface area contributed by atoms with E-state index in [1.165, 1.54) is 0 Å². The summed E-state index contributed by atoms with van der Waals surface area (Å²) in [6.07, 6.45) is 4.27. The molecule has 4 heteroatoms. The van der Waals surface area contributed by atoms with Crippen LogP contribution in [0.2, 0.25) is 0 Å². The molecule has 1 aliphatic rings. The molecule has 1 aromatic heterocycles. The molecular formula is C13H14N2O2. The van der Waals surface area contributed by atoms with Crippen molar-refractivity contribution < 1.29 is 9.84 Å². The zero-order valence-electron chi connectivity index (χ0n) is 9.63. The highest BCUT2D eigenvalue weighted by molar-refractivity contribution is 5.37. The molecule has 0 fully saturated rings. The first-order chi connectivity index (χ1) is 8.24. The summed E-state index contributed by atoms with van der Waals surface area (Å²) in [5.41, 5.74) is -0.153. The van der Waals surface area contributed by atoms with Gasteiger partial charge in [0.15, 0.2) is 0 Å². The van der Waals surface area contributed by atoms with Crippen molar-refractivity contribution in [3.63, 3.8) is 0 Å². The lowest BCUT2D eigenvalue weighted by Crippen LogP contribution is -2.25. The predicted molar refractivity (Wildman–Crippen MR) is 62.8 cm³/mol. The van der Waals surface area contributed by atoms with Crippen molar-refractivity contribution in [1.82, 2.24) is 9.55 Å². The minimum atomic E-state index is -0.988. The van der Waals surface area contributed by atoms with Crippen molar-refractivity contribution in [2.45, 2.75) is 18.6 Å². The third kappa shape index (κ3) is 1.45. The minimum Gasteiger partial charge on any atom is -0.497 e. The molecule has 2 heterocycles. The quantitative estimate of drug-likeness (QED) is 0.851. The molecule has 1 N–H and O–H groups in total. The first-order valence-electron chi connectivity index (χ1n) is 5.62. The lowest BCUT2D eigenvalue weighted by Gasteiger charge is -2.21. The molecule has 1 unspecified atom stereocenters. The third-order valence-corrected chi connectivity index (χ3v) is 3.35. The van der Waals surface area contributed by atoms with Crippen LogP contribution >= 0.6 is 0 Å². The van der Waals surface area contributed by atoms with Gasteiger partial charge in [0.05, 0.1) is 7.11 Å². The first-order valence-corrected chi connectivity index (χ1v) is 5.62. The van der Waals surface area contributed by atoms with E-state index in [0.29, 0.717) is 12.2 Å². The van der Waals surface area contributed by atoms with Crippen LogP contribution in [0, 0.1) is 0 Å². The van der Waals surface area contributed by atoms with Crippen molar-refractivity contribution in [3.05, 3.63) is 48.0 Å². The normalized spacial score (nSPS) is 22.5. The van der Waals surface area contributed by atoms with Crippen LogP contribution in [0.5, 0.6) is 5.75 Å². The van der Waals surface area contributed by atoms with Crippen molar-refractivity contribution >= 4 is 0 Å². The van der Waals surface area contributed by atoms with Gasteiger partial charge in [-0.3, -0.25) is 0 Å². The summed E-state index contributed by atoms with van der Waals surface area (Å²) in [5.74, 6) is 1.46. The van der Waals surface area contributed by atoms with Gasteiger partial charge >= 0.3 is 0 Å². The molecule has 1 aromatic carbocycles. The summed E-state index contributed by atoms with van der Waals surface area (Å²) in [7, 11) is 1.62. The van der Waals surface area contributed by atoms with Gasteiger partial charge < -0.3 is 14.4 Å².